The van der Waals surface area contributed by atoms with E-state index in [1.165, 1.54) is 0 Å². The maximum atomic E-state index is 13.7. The molecule has 4 rings (SSSR count). The highest BCUT2D eigenvalue weighted by Crippen LogP contribution is 2.29. The topological polar surface area (TPSA) is 73.0 Å². The molecule has 7 nitrogen and oxygen atoms in total. The van der Waals surface area contributed by atoms with Gasteiger partial charge in [0, 0.05) is 56.2 Å². The maximum absolute atomic E-state index is 13.7. The van der Waals surface area contributed by atoms with Gasteiger partial charge in [-0.25, -0.2) is 0 Å². The molecule has 1 fully saturated rings. The van der Waals surface area contributed by atoms with E-state index in [1.807, 2.05) is 80.3 Å². The predicted molar refractivity (Wildman–Crippen MR) is 166 cm³/mol. The smallest absolute Gasteiger partial charge is 0.256 e. The number of nitrogens with one attached hydrogen (secondary N) is 1. The number of hydrogen-bond acceptors (Lipinski definition) is 4. The molecule has 216 valence electrons. The summed E-state index contributed by atoms with van der Waals surface area (Å²) in [6, 6.07) is 23.0. The Labute approximate surface area is 244 Å². The fourth-order valence-electron chi connectivity index (χ4n) is 5.49. The molecule has 1 aliphatic rings. The summed E-state index contributed by atoms with van der Waals surface area (Å²) in [7, 11) is 0. The Kier molecular flexibility index (Phi) is 10.2. The van der Waals surface area contributed by atoms with Crippen molar-refractivity contribution in [3.8, 4) is 0 Å². The normalized spacial score (nSPS) is 14.2. The monoisotopic (exact) mass is 554 g/mol. The van der Waals surface area contributed by atoms with Crippen LogP contribution in [0.15, 0.2) is 72.8 Å². The summed E-state index contributed by atoms with van der Waals surface area (Å²) in [5.74, 6) is -0.274. The molecule has 1 heterocycles. The van der Waals surface area contributed by atoms with Gasteiger partial charge in [-0.15, -0.1) is 0 Å². The number of amides is 3. The molecule has 0 bridgehead atoms. The van der Waals surface area contributed by atoms with Gasteiger partial charge in [0.15, 0.2) is 0 Å². The number of anilines is 2. The maximum Gasteiger partial charge on any atom is 0.256 e. The number of aryl methyl sites for hydroxylation is 1. The lowest BCUT2D eigenvalue weighted by Crippen LogP contribution is -2.38. The van der Waals surface area contributed by atoms with Crippen LogP contribution in [-0.2, 0) is 4.79 Å². The van der Waals surface area contributed by atoms with Crippen LogP contribution in [0, 0.1) is 6.92 Å². The number of nitrogens with zero attached hydrogens (tertiary/aromatic N) is 3. The van der Waals surface area contributed by atoms with Crippen LogP contribution >= 0.6 is 0 Å². The molecule has 3 aromatic carbocycles. The first-order chi connectivity index (χ1) is 19.9. The Balaban J connectivity index is 1.56. The van der Waals surface area contributed by atoms with Gasteiger partial charge in [0.05, 0.1) is 11.5 Å². The number of rotatable bonds is 9. The molecular weight excluding hydrogens is 512 g/mol. The number of benzene rings is 3. The molecule has 0 spiro atoms. The highest BCUT2D eigenvalue weighted by Gasteiger charge is 2.28. The van der Waals surface area contributed by atoms with Crippen LogP contribution in [0.5, 0.6) is 0 Å². The zero-order valence-corrected chi connectivity index (χ0v) is 24.7. The van der Waals surface area contributed by atoms with Gasteiger partial charge in [-0.2, -0.15) is 0 Å². The standard InChI is InChI=1S/C34H42N4O3/c1-5-29(26-12-9-8-10-13-26)33(40)38-21-11-20-37(22-23-38)31-19-18-28(24-30(31)34(41)36(6-2)7-3)35-32(39)27-16-14-25(4)15-17-27/h8-10,12-19,24,29H,5-7,11,20-23H2,1-4H3,(H,35,39)/t29-/m1/s1. The minimum atomic E-state index is -0.216. The Morgan fingerprint density at radius 2 is 1.56 bits per heavy atom. The van der Waals surface area contributed by atoms with Crippen molar-refractivity contribution in [3.63, 3.8) is 0 Å². The molecule has 3 aromatic rings. The zero-order valence-electron chi connectivity index (χ0n) is 24.7. The molecule has 1 saturated heterocycles. The third kappa shape index (κ3) is 7.15. The first-order valence-electron chi connectivity index (χ1n) is 14.8. The lowest BCUT2D eigenvalue weighted by molar-refractivity contribution is -0.132. The van der Waals surface area contributed by atoms with Gasteiger partial charge in [-0.3, -0.25) is 14.4 Å². The number of carbonyl (C=O) groups is 3. The third-order valence-electron chi connectivity index (χ3n) is 7.91. The van der Waals surface area contributed by atoms with E-state index in [0.29, 0.717) is 49.5 Å². The van der Waals surface area contributed by atoms with Crippen LogP contribution in [0.25, 0.3) is 0 Å². The van der Waals surface area contributed by atoms with Crippen molar-refractivity contribution in [2.75, 3.05) is 49.5 Å². The summed E-state index contributed by atoms with van der Waals surface area (Å²) >= 11 is 0. The SMILES string of the molecule is CC[C@@H](C(=O)N1CCCN(c2ccc(NC(=O)c3ccc(C)cc3)cc2C(=O)N(CC)CC)CC1)c1ccccc1. The molecule has 1 aliphatic heterocycles. The van der Waals surface area contributed by atoms with E-state index in [4.69, 9.17) is 0 Å². The Morgan fingerprint density at radius 3 is 2.22 bits per heavy atom. The average molecular weight is 555 g/mol. The number of hydrogen-bond donors (Lipinski definition) is 1. The fourth-order valence-corrected chi connectivity index (χ4v) is 5.49. The highest BCUT2D eigenvalue weighted by molar-refractivity contribution is 6.06. The quantitative estimate of drug-likeness (QED) is 0.354. The van der Waals surface area contributed by atoms with E-state index in [1.54, 1.807) is 23.1 Å². The molecule has 0 radical (unpaired) electrons. The second-order valence-electron chi connectivity index (χ2n) is 10.6. The van der Waals surface area contributed by atoms with Gasteiger partial charge in [0.1, 0.15) is 0 Å². The van der Waals surface area contributed by atoms with E-state index in [0.717, 1.165) is 36.2 Å². The second kappa shape index (κ2) is 14.0. The summed E-state index contributed by atoms with van der Waals surface area (Å²) in [6.07, 6.45) is 1.56. The second-order valence-corrected chi connectivity index (χ2v) is 10.6. The summed E-state index contributed by atoms with van der Waals surface area (Å²) in [6.45, 7) is 11.8. The largest absolute Gasteiger partial charge is 0.369 e. The first kappa shape index (κ1) is 29.8. The minimum absolute atomic E-state index is 0.0660. The van der Waals surface area contributed by atoms with Gasteiger partial charge in [0.2, 0.25) is 5.91 Å². The van der Waals surface area contributed by atoms with Gasteiger partial charge < -0.3 is 20.0 Å². The molecule has 0 aliphatic carbocycles. The van der Waals surface area contributed by atoms with Crippen LogP contribution in [0.3, 0.4) is 0 Å². The van der Waals surface area contributed by atoms with Gasteiger partial charge in [-0.1, -0.05) is 55.0 Å². The lowest BCUT2D eigenvalue weighted by Gasteiger charge is -2.29. The summed E-state index contributed by atoms with van der Waals surface area (Å²) in [5, 5.41) is 2.97. The Morgan fingerprint density at radius 1 is 0.854 bits per heavy atom. The number of carbonyl (C=O) groups excluding carboxylic acids is 3. The molecule has 0 saturated carbocycles. The van der Waals surface area contributed by atoms with Crippen LogP contribution in [0.2, 0.25) is 0 Å². The lowest BCUT2D eigenvalue weighted by atomic mass is 9.95. The molecule has 0 aromatic heterocycles. The van der Waals surface area contributed by atoms with Crippen molar-refractivity contribution < 1.29 is 14.4 Å². The van der Waals surface area contributed by atoms with Gasteiger partial charge in [-0.05, 0) is 69.5 Å². The fraction of sp³-hybridized carbons (Fsp3) is 0.382. The summed E-state index contributed by atoms with van der Waals surface area (Å²) < 4.78 is 0. The third-order valence-corrected chi connectivity index (χ3v) is 7.91. The van der Waals surface area contributed by atoms with Crippen molar-refractivity contribution in [1.82, 2.24) is 9.80 Å². The van der Waals surface area contributed by atoms with E-state index in [2.05, 4.69) is 17.1 Å². The van der Waals surface area contributed by atoms with Crippen LogP contribution in [0.4, 0.5) is 11.4 Å². The van der Waals surface area contributed by atoms with Crippen molar-refractivity contribution in [3.05, 3.63) is 95.1 Å². The minimum Gasteiger partial charge on any atom is -0.369 e. The van der Waals surface area contributed by atoms with Crippen molar-refractivity contribution in [2.45, 2.75) is 46.5 Å². The van der Waals surface area contributed by atoms with E-state index in [9.17, 15) is 14.4 Å². The zero-order chi connectivity index (χ0) is 29.4. The van der Waals surface area contributed by atoms with Crippen molar-refractivity contribution in [2.24, 2.45) is 0 Å². The highest BCUT2D eigenvalue weighted by atomic mass is 16.2. The predicted octanol–water partition coefficient (Wildman–Crippen LogP) is 5.96. The van der Waals surface area contributed by atoms with Gasteiger partial charge in [0.25, 0.3) is 11.8 Å². The Hall–Kier alpha value is -4.13. The van der Waals surface area contributed by atoms with Gasteiger partial charge >= 0.3 is 0 Å². The Bertz CT molecular complexity index is 1340. The molecule has 1 atom stereocenters. The van der Waals surface area contributed by atoms with Crippen LogP contribution < -0.4 is 10.2 Å². The molecule has 7 heteroatoms. The van der Waals surface area contributed by atoms with E-state index in [-0.39, 0.29) is 23.6 Å². The van der Waals surface area contributed by atoms with Crippen molar-refractivity contribution in [1.29, 1.82) is 0 Å². The van der Waals surface area contributed by atoms with E-state index >= 15 is 0 Å². The summed E-state index contributed by atoms with van der Waals surface area (Å²) in [4.78, 5) is 46.1. The molecular formula is C34H42N4O3. The molecule has 0 unspecified atom stereocenters. The molecule has 3 amide bonds. The van der Waals surface area contributed by atoms with E-state index < -0.39 is 0 Å². The summed E-state index contributed by atoms with van der Waals surface area (Å²) in [5.41, 5.74) is 4.67. The first-order valence-corrected chi connectivity index (χ1v) is 14.8. The van der Waals surface area contributed by atoms with Crippen LogP contribution in [0.1, 0.15) is 71.4 Å². The van der Waals surface area contributed by atoms with Crippen LogP contribution in [-0.4, -0.2) is 66.8 Å². The molecule has 1 N–H and O–H groups in total. The average Bonchev–Trinajstić information content (AvgIpc) is 3.25. The van der Waals surface area contributed by atoms with Crippen molar-refractivity contribution >= 4 is 29.1 Å². The molecule has 41 heavy (non-hydrogen) atoms.